The van der Waals surface area contributed by atoms with Crippen molar-refractivity contribution in [3.8, 4) is 0 Å². The van der Waals surface area contributed by atoms with Gasteiger partial charge in [-0.15, -0.1) is 0 Å². The van der Waals surface area contributed by atoms with E-state index in [1.165, 1.54) is 13.8 Å². The van der Waals surface area contributed by atoms with Gasteiger partial charge in [0, 0.05) is 0 Å². The highest BCUT2D eigenvalue weighted by atomic mass is 19.4. The van der Waals surface area contributed by atoms with Crippen LogP contribution < -0.4 is 11.1 Å². The predicted octanol–water partition coefficient (Wildman–Crippen LogP) is 2.08. The Kier molecular flexibility index (Phi) is 5.72. The summed E-state index contributed by atoms with van der Waals surface area (Å²) in [4.78, 5) is 34.3. The van der Waals surface area contributed by atoms with Crippen LogP contribution in [0.3, 0.4) is 0 Å². The third-order valence-corrected chi connectivity index (χ3v) is 2.77. The fraction of sp³-hybridized carbons (Fsp3) is 0.357. The molecular formula is C14H15F3N2O4. The topological polar surface area (TPSA) is 98.5 Å². The molecule has 0 aliphatic heterocycles. The molecule has 1 rings (SSSR count). The molecule has 3 amide bonds. The number of hydrogen-bond acceptors (Lipinski definition) is 4. The monoisotopic (exact) mass is 332 g/mol. The average molecular weight is 332 g/mol. The van der Waals surface area contributed by atoms with E-state index in [9.17, 15) is 27.6 Å². The Hall–Kier alpha value is -2.58. The summed E-state index contributed by atoms with van der Waals surface area (Å²) in [5.74, 6) is -2.59. The molecule has 1 aromatic carbocycles. The first-order valence-electron chi connectivity index (χ1n) is 6.51. The van der Waals surface area contributed by atoms with Crippen LogP contribution in [0, 0.1) is 5.92 Å². The molecule has 0 saturated heterocycles. The molecule has 0 aromatic heterocycles. The van der Waals surface area contributed by atoms with Gasteiger partial charge in [0.15, 0.2) is 6.10 Å². The van der Waals surface area contributed by atoms with Gasteiger partial charge in [-0.1, -0.05) is 19.9 Å². The lowest BCUT2D eigenvalue weighted by atomic mass is 10.1. The smallest absolute Gasteiger partial charge is 0.416 e. The second-order valence-corrected chi connectivity index (χ2v) is 5.00. The second kappa shape index (κ2) is 7.12. The standard InChI is InChI=1S/C14H15F3N2O4/c1-7(2)10(11(20)19-13(18)22)23-12(21)8-4-3-5-9(6-8)14(15,16)17/h3-7,10H,1-2H3,(H3,18,19,20,22)/t10-/m1/s1. The van der Waals surface area contributed by atoms with Crippen molar-refractivity contribution in [2.24, 2.45) is 11.7 Å². The Morgan fingerprint density at radius 1 is 1.22 bits per heavy atom. The molecule has 0 heterocycles. The third kappa shape index (κ3) is 5.28. The number of amides is 3. The SMILES string of the molecule is CC(C)[C@@H](OC(=O)c1cccc(C(F)(F)F)c1)C(=O)NC(N)=O. The van der Waals surface area contributed by atoms with Crippen molar-refractivity contribution in [3.05, 3.63) is 35.4 Å². The minimum Gasteiger partial charge on any atom is -0.448 e. The van der Waals surface area contributed by atoms with Crippen molar-refractivity contribution in [2.45, 2.75) is 26.1 Å². The highest BCUT2D eigenvalue weighted by Crippen LogP contribution is 2.29. The largest absolute Gasteiger partial charge is 0.448 e. The van der Waals surface area contributed by atoms with Crippen LogP contribution in [0.25, 0.3) is 0 Å². The molecular weight excluding hydrogens is 317 g/mol. The maximum absolute atomic E-state index is 12.6. The zero-order valence-corrected chi connectivity index (χ0v) is 12.3. The van der Waals surface area contributed by atoms with Gasteiger partial charge >= 0.3 is 18.2 Å². The highest BCUT2D eigenvalue weighted by Gasteiger charge is 2.32. The van der Waals surface area contributed by atoms with Gasteiger partial charge in [0.2, 0.25) is 0 Å². The van der Waals surface area contributed by atoms with E-state index in [1.807, 2.05) is 0 Å². The van der Waals surface area contributed by atoms with Crippen molar-refractivity contribution in [2.75, 3.05) is 0 Å². The molecule has 126 valence electrons. The molecule has 3 N–H and O–H groups in total. The Morgan fingerprint density at radius 3 is 2.30 bits per heavy atom. The zero-order chi connectivity index (χ0) is 17.8. The van der Waals surface area contributed by atoms with E-state index < -0.39 is 41.7 Å². The summed E-state index contributed by atoms with van der Waals surface area (Å²) in [6, 6.07) is 2.46. The van der Waals surface area contributed by atoms with Gasteiger partial charge in [0.1, 0.15) is 0 Å². The van der Waals surface area contributed by atoms with Crippen LogP contribution in [0.1, 0.15) is 29.8 Å². The third-order valence-electron chi connectivity index (χ3n) is 2.77. The van der Waals surface area contributed by atoms with Gasteiger partial charge < -0.3 is 10.5 Å². The van der Waals surface area contributed by atoms with Crippen molar-refractivity contribution in [3.63, 3.8) is 0 Å². The first-order chi connectivity index (χ1) is 10.5. The summed E-state index contributed by atoms with van der Waals surface area (Å²) in [7, 11) is 0. The van der Waals surface area contributed by atoms with Gasteiger partial charge in [-0.2, -0.15) is 13.2 Å². The molecule has 0 radical (unpaired) electrons. The average Bonchev–Trinajstić information content (AvgIpc) is 2.42. The number of esters is 1. The number of rotatable bonds is 4. The number of nitrogens with two attached hydrogens (primary N) is 1. The molecule has 1 aromatic rings. The van der Waals surface area contributed by atoms with E-state index in [0.717, 1.165) is 18.2 Å². The van der Waals surface area contributed by atoms with E-state index in [1.54, 1.807) is 5.32 Å². The molecule has 0 fully saturated rings. The quantitative estimate of drug-likeness (QED) is 0.825. The predicted molar refractivity (Wildman–Crippen MR) is 73.2 cm³/mol. The maximum Gasteiger partial charge on any atom is 0.416 e. The number of ether oxygens (including phenoxy) is 1. The maximum atomic E-state index is 12.6. The molecule has 0 aliphatic carbocycles. The number of imide groups is 1. The normalized spacial score (nSPS) is 12.6. The minimum atomic E-state index is -4.61. The Morgan fingerprint density at radius 2 is 1.83 bits per heavy atom. The number of primary amides is 1. The summed E-state index contributed by atoms with van der Waals surface area (Å²) in [5.41, 5.74) is 3.42. The molecule has 0 unspecified atom stereocenters. The number of hydrogen-bond donors (Lipinski definition) is 2. The number of alkyl halides is 3. The Balaban J connectivity index is 2.96. The molecule has 0 saturated carbocycles. The summed E-state index contributed by atoms with van der Waals surface area (Å²) in [5, 5.41) is 1.76. The van der Waals surface area contributed by atoms with Crippen LogP contribution in [-0.4, -0.2) is 24.0 Å². The van der Waals surface area contributed by atoms with E-state index in [-0.39, 0.29) is 5.56 Å². The summed E-state index contributed by atoms with van der Waals surface area (Å²) in [6.07, 6.45) is -5.98. The molecule has 6 nitrogen and oxygen atoms in total. The molecule has 0 spiro atoms. The number of carbonyl (C=O) groups excluding carboxylic acids is 3. The van der Waals surface area contributed by atoms with Crippen molar-refractivity contribution in [1.82, 2.24) is 5.32 Å². The van der Waals surface area contributed by atoms with E-state index in [2.05, 4.69) is 0 Å². The fourth-order valence-corrected chi connectivity index (χ4v) is 1.69. The lowest BCUT2D eigenvalue weighted by Crippen LogP contribution is -2.45. The molecule has 1 atom stereocenters. The van der Waals surface area contributed by atoms with Gasteiger partial charge in [0.25, 0.3) is 5.91 Å². The minimum absolute atomic E-state index is 0.364. The van der Waals surface area contributed by atoms with Gasteiger partial charge in [0.05, 0.1) is 11.1 Å². The van der Waals surface area contributed by atoms with Gasteiger partial charge in [-0.05, 0) is 24.1 Å². The summed E-state index contributed by atoms with van der Waals surface area (Å²) >= 11 is 0. The van der Waals surface area contributed by atoms with Crippen LogP contribution in [0.15, 0.2) is 24.3 Å². The van der Waals surface area contributed by atoms with E-state index in [0.29, 0.717) is 6.07 Å². The van der Waals surface area contributed by atoms with Crippen LogP contribution >= 0.6 is 0 Å². The highest BCUT2D eigenvalue weighted by molar-refractivity contribution is 5.98. The van der Waals surface area contributed by atoms with Gasteiger partial charge in [-0.3, -0.25) is 10.1 Å². The number of carbonyl (C=O) groups is 3. The molecule has 0 aliphatic rings. The van der Waals surface area contributed by atoms with Crippen molar-refractivity contribution < 1.29 is 32.3 Å². The van der Waals surface area contributed by atoms with Crippen molar-refractivity contribution in [1.29, 1.82) is 0 Å². The number of benzene rings is 1. The first kappa shape index (κ1) is 18.5. The van der Waals surface area contributed by atoms with Crippen LogP contribution in [0.2, 0.25) is 0 Å². The van der Waals surface area contributed by atoms with E-state index in [4.69, 9.17) is 10.5 Å². The van der Waals surface area contributed by atoms with Crippen LogP contribution in [0.4, 0.5) is 18.0 Å². The van der Waals surface area contributed by atoms with Crippen LogP contribution in [0.5, 0.6) is 0 Å². The summed E-state index contributed by atoms with van der Waals surface area (Å²) in [6.45, 7) is 3.06. The lowest BCUT2D eigenvalue weighted by molar-refractivity contribution is -0.137. The van der Waals surface area contributed by atoms with Crippen molar-refractivity contribution >= 4 is 17.9 Å². The number of halogens is 3. The Bertz CT molecular complexity index is 614. The fourth-order valence-electron chi connectivity index (χ4n) is 1.69. The second-order valence-electron chi connectivity index (χ2n) is 5.00. The molecule has 0 bridgehead atoms. The number of urea groups is 1. The first-order valence-corrected chi connectivity index (χ1v) is 6.51. The molecule has 23 heavy (non-hydrogen) atoms. The Labute approximate surface area is 129 Å². The zero-order valence-electron chi connectivity index (χ0n) is 12.3. The van der Waals surface area contributed by atoms with Gasteiger partial charge in [-0.25, -0.2) is 9.59 Å². The van der Waals surface area contributed by atoms with E-state index >= 15 is 0 Å². The lowest BCUT2D eigenvalue weighted by Gasteiger charge is -2.20. The summed E-state index contributed by atoms with van der Waals surface area (Å²) < 4.78 is 42.8. The number of nitrogens with one attached hydrogen (secondary N) is 1. The molecule has 9 heteroatoms. The van der Waals surface area contributed by atoms with Crippen LogP contribution in [-0.2, 0) is 15.7 Å².